The molecule has 1 amide bonds. The van der Waals surface area contributed by atoms with E-state index in [4.69, 9.17) is 16.7 Å². The number of carbonyl (C=O) groups excluding carboxylic acids is 1. The number of piperidine rings is 1. The molecule has 1 aliphatic heterocycles. The molecule has 1 N–H and O–H groups in total. The van der Waals surface area contributed by atoms with Gasteiger partial charge in [0.2, 0.25) is 0 Å². The Labute approximate surface area is 116 Å². The summed E-state index contributed by atoms with van der Waals surface area (Å²) in [4.78, 5) is 28.9. The fraction of sp³-hybridized carbons (Fsp3) is 0.462. The Kier molecular flexibility index (Phi) is 3.75. The van der Waals surface area contributed by atoms with Crippen molar-refractivity contribution in [3.63, 3.8) is 0 Å². The van der Waals surface area contributed by atoms with Crippen molar-refractivity contribution in [2.75, 3.05) is 13.1 Å². The third-order valence-corrected chi connectivity index (χ3v) is 4.00. The van der Waals surface area contributed by atoms with Crippen LogP contribution >= 0.6 is 11.6 Å². The lowest BCUT2D eigenvalue weighted by Crippen LogP contribution is -2.45. The number of rotatable bonds is 2. The molecule has 0 bridgehead atoms. The minimum atomic E-state index is -0.806. The maximum atomic E-state index is 12.3. The molecule has 0 atom stereocenters. The van der Waals surface area contributed by atoms with Gasteiger partial charge in [-0.15, -0.1) is 0 Å². The largest absolute Gasteiger partial charge is 0.481 e. The first-order chi connectivity index (χ1) is 8.94. The number of aromatic nitrogens is 1. The van der Waals surface area contributed by atoms with Crippen LogP contribution in [0.2, 0.25) is 5.02 Å². The van der Waals surface area contributed by atoms with E-state index in [9.17, 15) is 9.59 Å². The van der Waals surface area contributed by atoms with E-state index in [-0.39, 0.29) is 5.91 Å². The summed E-state index contributed by atoms with van der Waals surface area (Å²) in [6.45, 7) is 2.56. The number of hydrogen-bond donors (Lipinski definition) is 1. The number of hydrogen-bond acceptors (Lipinski definition) is 3. The van der Waals surface area contributed by atoms with Gasteiger partial charge in [0.25, 0.3) is 5.91 Å². The molecule has 6 heteroatoms. The maximum Gasteiger partial charge on any atom is 0.309 e. The summed E-state index contributed by atoms with van der Waals surface area (Å²) >= 11 is 5.96. The standard InChI is InChI=1S/C13H15ClN2O3/c1-13(12(18)19)3-6-16(7-4-13)11(17)9-8-15-5-2-10(9)14/h2,5,8H,3-4,6-7H2,1H3,(H,18,19). The zero-order valence-electron chi connectivity index (χ0n) is 10.6. The number of carboxylic acids is 1. The molecule has 1 aromatic rings. The van der Waals surface area contributed by atoms with E-state index >= 15 is 0 Å². The van der Waals surface area contributed by atoms with Crippen LogP contribution in [0.25, 0.3) is 0 Å². The van der Waals surface area contributed by atoms with Gasteiger partial charge in [-0.1, -0.05) is 11.6 Å². The van der Waals surface area contributed by atoms with Crippen LogP contribution in [-0.4, -0.2) is 40.0 Å². The van der Waals surface area contributed by atoms with Crippen molar-refractivity contribution in [3.05, 3.63) is 29.0 Å². The summed E-state index contributed by atoms with van der Waals surface area (Å²) in [6.07, 6.45) is 3.87. The topological polar surface area (TPSA) is 70.5 Å². The summed E-state index contributed by atoms with van der Waals surface area (Å²) in [7, 11) is 0. The Morgan fingerprint density at radius 1 is 1.42 bits per heavy atom. The average molecular weight is 283 g/mol. The Morgan fingerprint density at radius 2 is 2.05 bits per heavy atom. The Morgan fingerprint density at radius 3 is 2.58 bits per heavy atom. The lowest BCUT2D eigenvalue weighted by molar-refractivity contribution is -0.150. The van der Waals surface area contributed by atoms with Gasteiger partial charge in [-0.25, -0.2) is 0 Å². The molecule has 0 radical (unpaired) electrons. The fourth-order valence-corrected chi connectivity index (χ4v) is 2.31. The van der Waals surface area contributed by atoms with Crippen LogP contribution in [0, 0.1) is 5.41 Å². The lowest BCUT2D eigenvalue weighted by Gasteiger charge is -2.36. The SMILES string of the molecule is CC1(C(=O)O)CCN(C(=O)c2cnccc2Cl)CC1. The molecule has 0 aromatic carbocycles. The molecule has 2 rings (SSSR count). The number of pyridine rings is 1. The lowest BCUT2D eigenvalue weighted by atomic mass is 9.80. The number of nitrogens with zero attached hydrogens (tertiary/aromatic N) is 2. The molecule has 102 valence electrons. The first kappa shape index (κ1) is 13.8. The maximum absolute atomic E-state index is 12.3. The third kappa shape index (κ3) is 2.71. The zero-order valence-corrected chi connectivity index (χ0v) is 11.4. The van der Waals surface area contributed by atoms with Gasteiger partial charge in [-0.3, -0.25) is 14.6 Å². The molecule has 0 unspecified atom stereocenters. The number of carbonyl (C=O) groups is 2. The molecule has 19 heavy (non-hydrogen) atoms. The van der Waals surface area contributed by atoms with Crippen LogP contribution in [0.3, 0.4) is 0 Å². The highest BCUT2D eigenvalue weighted by atomic mass is 35.5. The van der Waals surface area contributed by atoms with Crippen LogP contribution in [0.15, 0.2) is 18.5 Å². The van der Waals surface area contributed by atoms with Crippen LogP contribution in [0.1, 0.15) is 30.1 Å². The molecule has 1 saturated heterocycles. The molecule has 1 aromatic heterocycles. The van der Waals surface area contributed by atoms with Crippen LogP contribution < -0.4 is 0 Å². The molecular formula is C13H15ClN2O3. The molecule has 0 saturated carbocycles. The molecule has 2 heterocycles. The second kappa shape index (κ2) is 5.17. The number of halogens is 1. The smallest absolute Gasteiger partial charge is 0.309 e. The summed E-state index contributed by atoms with van der Waals surface area (Å²) in [6, 6.07) is 1.57. The average Bonchev–Trinajstić information content (AvgIpc) is 2.39. The van der Waals surface area contributed by atoms with E-state index < -0.39 is 11.4 Å². The van der Waals surface area contributed by atoms with Crippen molar-refractivity contribution in [1.29, 1.82) is 0 Å². The summed E-state index contributed by atoms with van der Waals surface area (Å²) in [5, 5.41) is 9.52. The minimum absolute atomic E-state index is 0.189. The highest BCUT2D eigenvalue weighted by molar-refractivity contribution is 6.33. The number of amides is 1. The zero-order chi connectivity index (χ0) is 14.0. The predicted octanol–water partition coefficient (Wildman–Crippen LogP) is 2.06. The highest BCUT2D eigenvalue weighted by Gasteiger charge is 2.38. The minimum Gasteiger partial charge on any atom is -0.481 e. The van der Waals surface area contributed by atoms with Gasteiger partial charge in [0, 0.05) is 25.5 Å². The van der Waals surface area contributed by atoms with Crippen LogP contribution in [0.5, 0.6) is 0 Å². The molecule has 1 fully saturated rings. The van der Waals surface area contributed by atoms with Crippen molar-refractivity contribution in [2.45, 2.75) is 19.8 Å². The second-order valence-corrected chi connectivity index (χ2v) is 5.42. The fourth-order valence-electron chi connectivity index (χ4n) is 2.12. The van der Waals surface area contributed by atoms with Gasteiger partial charge in [0.1, 0.15) is 0 Å². The Hall–Kier alpha value is -1.62. The van der Waals surface area contributed by atoms with E-state index in [1.165, 1.54) is 12.4 Å². The molecule has 5 nitrogen and oxygen atoms in total. The van der Waals surface area contributed by atoms with Crippen molar-refractivity contribution >= 4 is 23.5 Å². The van der Waals surface area contributed by atoms with Gasteiger partial charge < -0.3 is 10.0 Å². The quantitative estimate of drug-likeness (QED) is 0.901. The number of carboxylic acid groups (broad SMARTS) is 1. The van der Waals surface area contributed by atoms with Gasteiger partial charge in [-0.05, 0) is 25.8 Å². The van der Waals surface area contributed by atoms with Gasteiger partial charge in [-0.2, -0.15) is 0 Å². The number of likely N-dealkylation sites (tertiary alicyclic amines) is 1. The van der Waals surface area contributed by atoms with Crippen molar-refractivity contribution < 1.29 is 14.7 Å². The third-order valence-electron chi connectivity index (χ3n) is 3.67. The second-order valence-electron chi connectivity index (χ2n) is 5.01. The summed E-state index contributed by atoms with van der Waals surface area (Å²) < 4.78 is 0. The first-order valence-corrected chi connectivity index (χ1v) is 6.44. The van der Waals surface area contributed by atoms with Crippen molar-refractivity contribution in [2.24, 2.45) is 5.41 Å². The van der Waals surface area contributed by atoms with Crippen LogP contribution in [0.4, 0.5) is 0 Å². The van der Waals surface area contributed by atoms with E-state index in [1.807, 2.05) is 0 Å². The molecule has 0 aliphatic carbocycles. The van der Waals surface area contributed by atoms with E-state index in [2.05, 4.69) is 4.98 Å². The summed E-state index contributed by atoms with van der Waals surface area (Å²) in [5.74, 6) is -0.996. The monoisotopic (exact) mass is 282 g/mol. The van der Waals surface area contributed by atoms with Gasteiger partial charge >= 0.3 is 5.97 Å². The van der Waals surface area contributed by atoms with E-state index in [0.29, 0.717) is 36.5 Å². The molecule has 0 spiro atoms. The van der Waals surface area contributed by atoms with Crippen molar-refractivity contribution in [1.82, 2.24) is 9.88 Å². The van der Waals surface area contributed by atoms with Gasteiger partial charge in [0.05, 0.1) is 16.0 Å². The van der Waals surface area contributed by atoms with E-state index in [0.717, 1.165) is 0 Å². The molecule has 1 aliphatic rings. The van der Waals surface area contributed by atoms with Crippen molar-refractivity contribution in [3.8, 4) is 0 Å². The van der Waals surface area contributed by atoms with Crippen LogP contribution in [-0.2, 0) is 4.79 Å². The normalized spacial score (nSPS) is 18.1. The predicted molar refractivity (Wildman–Crippen MR) is 70.1 cm³/mol. The molecular weight excluding hydrogens is 268 g/mol. The highest BCUT2D eigenvalue weighted by Crippen LogP contribution is 2.32. The van der Waals surface area contributed by atoms with E-state index in [1.54, 1.807) is 17.9 Å². The number of aliphatic carboxylic acids is 1. The first-order valence-electron chi connectivity index (χ1n) is 6.06. The Balaban J connectivity index is 2.08. The summed E-state index contributed by atoms with van der Waals surface area (Å²) in [5.41, 5.74) is -0.377. The Bertz CT molecular complexity index is 510. The van der Waals surface area contributed by atoms with Gasteiger partial charge in [0.15, 0.2) is 0 Å².